The highest BCUT2D eigenvalue weighted by molar-refractivity contribution is 9.10. The second-order valence-electron chi connectivity index (χ2n) is 6.66. The Kier molecular flexibility index (Phi) is 8.39. The van der Waals surface area contributed by atoms with Crippen molar-refractivity contribution < 1.29 is 19.1 Å². The molecule has 0 bridgehead atoms. The lowest BCUT2D eigenvalue weighted by atomic mass is 10.2. The Labute approximate surface area is 194 Å². The first-order chi connectivity index (χ1) is 15.5. The molecule has 0 aliphatic heterocycles. The minimum absolute atomic E-state index is 0.210. The molecule has 32 heavy (non-hydrogen) atoms. The van der Waals surface area contributed by atoms with Crippen LogP contribution in [0.1, 0.15) is 21.5 Å². The first-order valence-electron chi connectivity index (χ1n) is 9.75. The van der Waals surface area contributed by atoms with Crippen LogP contribution in [0.3, 0.4) is 0 Å². The van der Waals surface area contributed by atoms with E-state index in [0.29, 0.717) is 29.2 Å². The molecule has 0 heterocycles. The van der Waals surface area contributed by atoms with Crippen molar-refractivity contribution in [3.8, 4) is 11.5 Å². The van der Waals surface area contributed by atoms with Gasteiger partial charge in [-0.2, -0.15) is 5.10 Å². The van der Waals surface area contributed by atoms with Gasteiger partial charge in [0.25, 0.3) is 11.8 Å². The highest BCUT2D eigenvalue weighted by atomic mass is 79.9. The molecule has 0 aliphatic carbocycles. The molecule has 3 rings (SSSR count). The van der Waals surface area contributed by atoms with E-state index in [2.05, 4.69) is 31.8 Å². The molecule has 0 aliphatic rings. The SMILES string of the molecule is COc1ccc(C(=O)NCC(=O)N/N=C/c2cc(Br)ccc2OCc2ccccc2)cc1. The Morgan fingerprint density at radius 2 is 1.78 bits per heavy atom. The second kappa shape index (κ2) is 11.7. The summed E-state index contributed by atoms with van der Waals surface area (Å²) in [4.78, 5) is 24.2. The predicted molar refractivity (Wildman–Crippen MR) is 126 cm³/mol. The Bertz CT molecular complexity index is 1090. The summed E-state index contributed by atoms with van der Waals surface area (Å²) in [5.74, 6) is 0.455. The fourth-order valence-electron chi connectivity index (χ4n) is 2.71. The Hall–Kier alpha value is -3.65. The summed E-state index contributed by atoms with van der Waals surface area (Å²) in [5.41, 5.74) is 4.56. The van der Waals surface area contributed by atoms with Crippen molar-refractivity contribution in [1.82, 2.24) is 10.7 Å². The largest absolute Gasteiger partial charge is 0.497 e. The zero-order chi connectivity index (χ0) is 22.8. The number of methoxy groups -OCH3 is 1. The van der Waals surface area contributed by atoms with Gasteiger partial charge in [-0.1, -0.05) is 46.3 Å². The van der Waals surface area contributed by atoms with Gasteiger partial charge in [0, 0.05) is 15.6 Å². The van der Waals surface area contributed by atoms with Crippen molar-refractivity contribution in [3.05, 3.63) is 94.0 Å². The van der Waals surface area contributed by atoms with E-state index >= 15 is 0 Å². The molecule has 2 N–H and O–H groups in total. The summed E-state index contributed by atoms with van der Waals surface area (Å²) < 4.78 is 11.8. The number of nitrogens with one attached hydrogen (secondary N) is 2. The molecule has 0 fully saturated rings. The first kappa shape index (κ1) is 23.0. The molecule has 0 aromatic heterocycles. The van der Waals surface area contributed by atoms with Gasteiger partial charge in [-0.3, -0.25) is 9.59 Å². The first-order valence-corrected chi connectivity index (χ1v) is 10.5. The number of hydrogen-bond acceptors (Lipinski definition) is 5. The van der Waals surface area contributed by atoms with Crippen LogP contribution in [0.2, 0.25) is 0 Å². The number of ether oxygens (including phenoxy) is 2. The second-order valence-corrected chi connectivity index (χ2v) is 7.58. The fraction of sp³-hybridized carbons (Fsp3) is 0.125. The van der Waals surface area contributed by atoms with E-state index in [1.54, 1.807) is 31.4 Å². The molecule has 3 aromatic rings. The number of benzene rings is 3. The zero-order valence-electron chi connectivity index (χ0n) is 17.4. The van der Waals surface area contributed by atoms with Gasteiger partial charge in [0.15, 0.2) is 0 Å². The van der Waals surface area contributed by atoms with Crippen LogP contribution >= 0.6 is 15.9 Å². The maximum absolute atomic E-state index is 12.1. The summed E-state index contributed by atoms with van der Waals surface area (Å²) in [6.45, 7) is 0.200. The monoisotopic (exact) mass is 495 g/mol. The standard InChI is InChI=1S/C24H22BrN3O4/c1-31-21-10-7-18(8-11-21)24(30)26-15-23(29)28-27-14-19-13-20(25)9-12-22(19)32-16-17-5-3-2-4-6-17/h2-14H,15-16H2,1H3,(H,26,30)(H,28,29)/b27-14+. The van der Waals surface area contributed by atoms with Gasteiger partial charge in [-0.05, 0) is 48.0 Å². The van der Waals surface area contributed by atoms with Crippen molar-refractivity contribution in [1.29, 1.82) is 0 Å². The van der Waals surface area contributed by atoms with Gasteiger partial charge < -0.3 is 14.8 Å². The summed E-state index contributed by atoms with van der Waals surface area (Å²) >= 11 is 3.43. The van der Waals surface area contributed by atoms with Crippen molar-refractivity contribution in [2.75, 3.05) is 13.7 Å². The molecule has 2 amide bonds. The number of hydrazone groups is 1. The van der Waals surface area contributed by atoms with Crippen LogP contribution in [0.15, 0.2) is 82.4 Å². The van der Waals surface area contributed by atoms with Crippen LogP contribution < -0.4 is 20.2 Å². The van der Waals surface area contributed by atoms with E-state index in [-0.39, 0.29) is 12.5 Å². The lowest BCUT2D eigenvalue weighted by Gasteiger charge is -2.10. The van der Waals surface area contributed by atoms with Crippen LogP contribution in [0.5, 0.6) is 11.5 Å². The number of nitrogens with zero attached hydrogens (tertiary/aromatic N) is 1. The predicted octanol–water partition coefficient (Wildman–Crippen LogP) is 3.92. The number of carbonyl (C=O) groups excluding carboxylic acids is 2. The van der Waals surface area contributed by atoms with E-state index in [4.69, 9.17) is 9.47 Å². The van der Waals surface area contributed by atoms with Crippen molar-refractivity contribution in [3.63, 3.8) is 0 Å². The maximum atomic E-state index is 12.1. The van der Waals surface area contributed by atoms with Crippen molar-refractivity contribution >= 4 is 34.0 Å². The quantitative estimate of drug-likeness (QED) is 0.347. The van der Waals surface area contributed by atoms with Crippen LogP contribution in [0.25, 0.3) is 0 Å². The third kappa shape index (κ3) is 6.95. The fourth-order valence-corrected chi connectivity index (χ4v) is 3.08. The molecule has 0 saturated heterocycles. The van der Waals surface area contributed by atoms with E-state index in [0.717, 1.165) is 10.0 Å². The Balaban J connectivity index is 1.52. The highest BCUT2D eigenvalue weighted by Gasteiger charge is 2.08. The van der Waals surface area contributed by atoms with Gasteiger partial charge in [0.05, 0.1) is 19.9 Å². The van der Waals surface area contributed by atoms with Gasteiger partial charge in [-0.15, -0.1) is 0 Å². The van der Waals surface area contributed by atoms with Gasteiger partial charge in [-0.25, -0.2) is 5.43 Å². The molecule has 3 aromatic carbocycles. The van der Waals surface area contributed by atoms with E-state index in [1.165, 1.54) is 6.21 Å². The average Bonchev–Trinajstić information content (AvgIpc) is 2.82. The van der Waals surface area contributed by atoms with Crippen LogP contribution in [0.4, 0.5) is 0 Å². The topological polar surface area (TPSA) is 89.0 Å². The summed E-state index contributed by atoms with van der Waals surface area (Å²) in [6.07, 6.45) is 1.49. The molecule has 0 unspecified atom stereocenters. The van der Waals surface area contributed by atoms with Crippen LogP contribution in [0, 0.1) is 0 Å². The molecule has 0 atom stereocenters. The summed E-state index contributed by atoms with van der Waals surface area (Å²) in [7, 11) is 1.55. The van der Waals surface area contributed by atoms with Crippen LogP contribution in [-0.4, -0.2) is 31.7 Å². The van der Waals surface area contributed by atoms with E-state index < -0.39 is 5.91 Å². The zero-order valence-corrected chi connectivity index (χ0v) is 19.0. The van der Waals surface area contributed by atoms with Gasteiger partial charge >= 0.3 is 0 Å². The lowest BCUT2D eigenvalue weighted by molar-refractivity contribution is -0.120. The average molecular weight is 496 g/mol. The van der Waals surface area contributed by atoms with Crippen molar-refractivity contribution in [2.24, 2.45) is 5.10 Å². The third-order valence-corrected chi connectivity index (χ3v) is 4.86. The number of hydrogen-bond donors (Lipinski definition) is 2. The van der Waals surface area contributed by atoms with Gasteiger partial charge in [0.1, 0.15) is 18.1 Å². The molecular formula is C24H22BrN3O4. The maximum Gasteiger partial charge on any atom is 0.259 e. The molecular weight excluding hydrogens is 474 g/mol. The number of amides is 2. The summed E-state index contributed by atoms with van der Waals surface area (Å²) in [6, 6.07) is 21.9. The summed E-state index contributed by atoms with van der Waals surface area (Å²) in [5, 5.41) is 6.52. The minimum Gasteiger partial charge on any atom is -0.497 e. The number of halogens is 1. The lowest BCUT2D eigenvalue weighted by Crippen LogP contribution is -2.34. The minimum atomic E-state index is -0.454. The number of rotatable bonds is 9. The third-order valence-electron chi connectivity index (χ3n) is 4.36. The molecule has 164 valence electrons. The molecule has 0 radical (unpaired) electrons. The molecule has 7 nitrogen and oxygen atoms in total. The molecule has 0 saturated carbocycles. The highest BCUT2D eigenvalue weighted by Crippen LogP contribution is 2.22. The molecule has 8 heteroatoms. The number of carbonyl (C=O) groups is 2. The Morgan fingerprint density at radius 3 is 2.50 bits per heavy atom. The normalized spacial score (nSPS) is 10.6. The van der Waals surface area contributed by atoms with Crippen LogP contribution in [-0.2, 0) is 11.4 Å². The van der Waals surface area contributed by atoms with E-state index in [1.807, 2.05) is 48.5 Å². The van der Waals surface area contributed by atoms with Crippen molar-refractivity contribution in [2.45, 2.75) is 6.61 Å². The Morgan fingerprint density at radius 1 is 1.03 bits per heavy atom. The smallest absolute Gasteiger partial charge is 0.259 e. The van der Waals surface area contributed by atoms with Gasteiger partial charge in [0.2, 0.25) is 0 Å². The molecule has 0 spiro atoms. The van der Waals surface area contributed by atoms with E-state index in [9.17, 15) is 9.59 Å².